The smallest absolute Gasteiger partial charge is 0.170 e. The molecule has 7 heteroatoms. The number of methoxy groups -OCH3 is 1. The van der Waals surface area contributed by atoms with Crippen molar-refractivity contribution in [2.24, 2.45) is 0 Å². The summed E-state index contributed by atoms with van der Waals surface area (Å²) in [5, 5.41) is 7.44. The Morgan fingerprint density at radius 1 is 1.43 bits per heavy atom. The summed E-state index contributed by atoms with van der Waals surface area (Å²) in [4.78, 5) is 2.35. The van der Waals surface area contributed by atoms with Crippen molar-refractivity contribution < 1.29 is 9.47 Å². The van der Waals surface area contributed by atoms with Gasteiger partial charge in [0.05, 0.1) is 25.3 Å². The molecule has 1 aliphatic rings. The molecule has 0 aromatic heterocycles. The van der Waals surface area contributed by atoms with Crippen LogP contribution in [0.3, 0.4) is 0 Å². The highest BCUT2D eigenvalue weighted by molar-refractivity contribution is 7.80. The molecule has 1 aromatic rings. The molecule has 116 valence electrons. The number of hydrogen-bond donors (Lipinski definition) is 2. The van der Waals surface area contributed by atoms with E-state index in [0.717, 1.165) is 45.1 Å². The first-order valence-corrected chi connectivity index (χ1v) is 7.66. The summed E-state index contributed by atoms with van der Waals surface area (Å²) < 4.78 is 10.4. The van der Waals surface area contributed by atoms with E-state index in [1.165, 1.54) is 0 Å². The van der Waals surface area contributed by atoms with Gasteiger partial charge in [0, 0.05) is 31.9 Å². The molecule has 0 radical (unpaired) electrons. The molecular formula is C14H20ClN3O2S. The quantitative estimate of drug-likeness (QED) is 0.805. The van der Waals surface area contributed by atoms with Gasteiger partial charge in [0.1, 0.15) is 5.75 Å². The first-order valence-electron chi connectivity index (χ1n) is 6.87. The van der Waals surface area contributed by atoms with Gasteiger partial charge in [0.25, 0.3) is 0 Å². The molecule has 0 atom stereocenters. The van der Waals surface area contributed by atoms with Crippen molar-refractivity contribution in [3.05, 3.63) is 23.2 Å². The summed E-state index contributed by atoms with van der Waals surface area (Å²) in [6, 6.07) is 5.47. The van der Waals surface area contributed by atoms with Crippen molar-refractivity contribution in [1.29, 1.82) is 0 Å². The molecule has 21 heavy (non-hydrogen) atoms. The molecule has 1 aromatic carbocycles. The van der Waals surface area contributed by atoms with Crippen LogP contribution >= 0.6 is 23.8 Å². The molecule has 5 nitrogen and oxygen atoms in total. The van der Waals surface area contributed by atoms with Gasteiger partial charge < -0.3 is 20.1 Å². The predicted octanol–water partition coefficient (Wildman–Crippen LogP) is 1.97. The first-order chi connectivity index (χ1) is 10.2. The maximum atomic E-state index is 6.07. The third-order valence-corrected chi connectivity index (χ3v) is 3.77. The first kappa shape index (κ1) is 16.3. The third kappa shape index (κ3) is 5.32. The van der Waals surface area contributed by atoms with E-state index >= 15 is 0 Å². The fourth-order valence-corrected chi connectivity index (χ4v) is 2.55. The fraction of sp³-hybridized carbons (Fsp3) is 0.500. The molecule has 0 spiro atoms. The number of anilines is 1. The van der Waals surface area contributed by atoms with Crippen molar-refractivity contribution >= 4 is 34.6 Å². The van der Waals surface area contributed by atoms with Gasteiger partial charge in [-0.25, -0.2) is 0 Å². The van der Waals surface area contributed by atoms with E-state index in [0.29, 0.717) is 15.9 Å². The number of benzene rings is 1. The van der Waals surface area contributed by atoms with Crippen LogP contribution in [0.5, 0.6) is 5.75 Å². The monoisotopic (exact) mass is 329 g/mol. The highest BCUT2D eigenvalue weighted by atomic mass is 35.5. The predicted molar refractivity (Wildman–Crippen MR) is 89.5 cm³/mol. The van der Waals surface area contributed by atoms with E-state index in [4.69, 9.17) is 33.3 Å². The Labute approximate surface area is 135 Å². The summed E-state index contributed by atoms with van der Waals surface area (Å²) in [5.74, 6) is 0.647. The lowest BCUT2D eigenvalue weighted by atomic mass is 10.3. The van der Waals surface area contributed by atoms with Crippen LogP contribution in [0.15, 0.2) is 18.2 Å². The Balaban J connectivity index is 1.72. The zero-order chi connectivity index (χ0) is 15.1. The van der Waals surface area contributed by atoms with Crippen LogP contribution in [0.25, 0.3) is 0 Å². The van der Waals surface area contributed by atoms with Crippen molar-refractivity contribution in [2.45, 2.75) is 0 Å². The summed E-state index contributed by atoms with van der Waals surface area (Å²) in [5.41, 5.74) is 0.838. The second-order valence-corrected chi connectivity index (χ2v) is 5.50. The molecule has 0 bridgehead atoms. The summed E-state index contributed by atoms with van der Waals surface area (Å²) in [6.07, 6.45) is 0. The van der Waals surface area contributed by atoms with Gasteiger partial charge in [0.2, 0.25) is 0 Å². The van der Waals surface area contributed by atoms with Crippen molar-refractivity contribution in [3.8, 4) is 5.75 Å². The van der Waals surface area contributed by atoms with E-state index in [-0.39, 0.29) is 0 Å². The van der Waals surface area contributed by atoms with Crippen LogP contribution in [0.2, 0.25) is 5.02 Å². The van der Waals surface area contributed by atoms with Gasteiger partial charge in [-0.15, -0.1) is 0 Å². The summed E-state index contributed by atoms with van der Waals surface area (Å²) in [6.45, 7) is 5.34. The maximum Gasteiger partial charge on any atom is 0.170 e. The lowest BCUT2D eigenvalue weighted by molar-refractivity contribution is 0.0389. The minimum Gasteiger partial charge on any atom is -0.495 e. The molecule has 2 rings (SSSR count). The number of nitrogens with zero attached hydrogens (tertiary/aromatic N) is 1. The van der Waals surface area contributed by atoms with Gasteiger partial charge in [-0.05, 0) is 30.4 Å². The van der Waals surface area contributed by atoms with Gasteiger partial charge in [-0.3, -0.25) is 4.90 Å². The van der Waals surface area contributed by atoms with Gasteiger partial charge in [-0.2, -0.15) is 0 Å². The second kappa shape index (κ2) is 8.38. The van der Waals surface area contributed by atoms with Gasteiger partial charge in [0.15, 0.2) is 5.11 Å². The minimum absolute atomic E-state index is 0.554. The Morgan fingerprint density at radius 3 is 2.86 bits per heavy atom. The number of morpholine rings is 1. The SMILES string of the molecule is COc1ccc(NC(=S)NCCN2CCOCC2)cc1Cl. The molecule has 0 amide bonds. The number of rotatable bonds is 5. The van der Waals surface area contributed by atoms with E-state index in [1.807, 2.05) is 6.07 Å². The highest BCUT2D eigenvalue weighted by Crippen LogP contribution is 2.27. The third-order valence-electron chi connectivity index (χ3n) is 3.23. The van der Waals surface area contributed by atoms with Gasteiger partial charge >= 0.3 is 0 Å². The maximum absolute atomic E-state index is 6.07. The zero-order valence-electron chi connectivity index (χ0n) is 12.0. The Kier molecular flexibility index (Phi) is 6.50. The standard InChI is InChI=1S/C14H20ClN3O2S/c1-19-13-3-2-11(10-12(13)15)17-14(21)16-4-5-18-6-8-20-9-7-18/h2-3,10H,4-9H2,1H3,(H2,16,17,21). The Hall–Kier alpha value is -1.08. The van der Waals surface area contributed by atoms with E-state index in [9.17, 15) is 0 Å². The molecule has 2 N–H and O–H groups in total. The van der Waals surface area contributed by atoms with Gasteiger partial charge in [-0.1, -0.05) is 11.6 Å². The van der Waals surface area contributed by atoms with E-state index in [1.54, 1.807) is 19.2 Å². The average Bonchev–Trinajstić information content (AvgIpc) is 2.48. The van der Waals surface area contributed by atoms with Crippen molar-refractivity contribution in [3.63, 3.8) is 0 Å². The van der Waals surface area contributed by atoms with Crippen molar-refractivity contribution in [1.82, 2.24) is 10.2 Å². The van der Waals surface area contributed by atoms with Crippen LogP contribution in [-0.4, -0.2) is 56.5 Å². The molecule has 0 aliphatic carbocycles. The lowest BCUT2D eigenvalue weighted by Crippen LogP contribution is -2.42. The van der Waals surface area contributed by atoms with Crippen LogP contribution < -0.4 is 15.4 Å². The molecule has 1 fully saturated rings. The average molecular weight is 330 g/mol. The minimum atomic E-state index is 0.554. The number of halogens is 1. The Morgan fingerprint density at radius 2 is 2.19 bits per heavy atom. The Bertz CT molecular complexity index is 481. The molecule has 0 unspecified atom stereocenters. The molecular weight excluding hydrogens is 310 g/mol. The summed E-state index contributed by atoms with van der Waals surface area (Å²) >= 11 is 11.3. The number of hydrogen-bond acceptors (Lipinski definition) is 4. The number of nitrogens with one attached hydrogen (secondary N) is 2. The highest BCUT2D eigenvalue weighted by Gasteiger charge is 2.09. The molecule has 0 saturated carbocycles. The zero-order valence-corrected chi connectivity index (χ0v) is 13.6. The van der Waals surface area contributed by atoms with Crippen molar-refractivity contribution in [2.75, 3.05) is 51.8 Å². The molecule has 1 saturated heterocycles. The fourth-order valence-electron chi connectivity index (χ4n) is 2.07. The lowest BCUT2D eigenvalue weighted by Gasteiger charge is -2.26. The van der Waals surface area contributed by atoms with E-state index in [2.05, 4.69) is 15.5 Å². The van der Waals surface area contributed by atoms with Crippen LogP contribution in [0.4, 0.5) is 5.69 Å². The molecule has 1 aliphatic heterocycles. The second-order valence-electron chi connectivity index (χ2n) is 4.68. The summed E-state index contributed by atoms with van der Waals surface area (Å²) in [7, 11) is 1.59. The normalized spacial score (nSPS) is 15.5. The number of ether oxygens (including phenoxy) is 2. The topological polar surface area (TPSA) is 45.8 Å². The van der Waals surface area contributed by atoms with E-state index < -0.39 is 0 Å². The van der Waals surface area contributed by atoms with Crippen LogP contribution in [0, 0.1) is 0 Å². The van der Waals surface area contributed by atoms with Crippen LogP contribution in [-0.2, 0) is 4.74 Å². The number of thiocarbonyl (C=S) groups is 1. The van der Waals surface area contributed by atoms with Crippen LogP contribution in [0.1, 0.15) is 0 Å². The molecule has 1 heterocycles. The largest absolute Gasteiger partial charge is 0.495 e.